The van der Waals surface area contributed by atoms with Crippen LogP contribution in [0.25, 0.3) is 0 Å². The maximum absolute atomic E-state index is 12.2. The number of carbonyl (C=O) groups excluding carboxylic acids is 1. The molecule has 0 unspecified atom stereocenters. The van der Waals surface area contributed by atoms with E-state index in [1.165, 1.54) is 18.5 Å². The van der Waals surface area contributed by atoms with Gasteiger partial charge in [-0.15, -0.1) is 0 Å². The van der Waals surface area contributed by atoms with E-state index in [0.717, 1.165) is 30.0 Å². The van der Waals surface area contributed by atoms with E-state index in [4.69, 9.17) is 4.74 Å². The number of benzene rings is 2. The van der Waals surface area contributed by atoms with E-state index in [0.29, 0.717) is 6.54 Å². The molecular formula is C21H26N2O2. The minimum atomic E-state index is -0.523. The number of nitrogens with one attached hydrogen (secondary N) is 1. The van der Waals surface area contributed by atoms with Crippen LogP contribution in [0.5, 0.6) is 5.75 Å². The largest absolute Gasteiger partial charge is 0.481 e. The van der Waals surface area contributed by atoms with Crippen LogP contribution in [0.2, 0.25) is 0 Å². The molecule has 1 amide bonds. The van der Waals surface area contributed by atoms with E-state index in [1.54, 1.807) is 6.92 Å². The molecule has 1 aliphatic rings. The zero-order valence-corrected chi connectivity index (χ0v) is 15.0. The third-order valence-corrected chi connectivity index (χ3v) is 4.55. The van der Waals surface area contributed by atoms with Crippen molar-refractivity contribution < 1.29 is 9.53 Å². The van der Waals surface area contributed by atoms with Crippen LogP contribution >= 0.6 is 0 Å². The number of amides is 1. The fourth-order valence-corrected chi connectivity index (χ4v) is 3.08. The molecule has 4 nitrogen and oxygen atoms in total. The topological polar surface area (TPSA) is 41.6 Å². The van der Waals surface area contributed by atoms with Crippen LogP contribution in [-0.2, 0) is 11.3 Å². The minimum absolute atomic E-state index is 0.106. The van der Waals surface area contributed by atoms with E-state index < -0.39 is 6.10 Å². The van der Waals surface area contributed by atoms with Crippen molar-refractivity contribution in [3.05, 3.63) is 59.7 Å². The molecule has 1 aliphatic heterocycles. The highest BCUT2D eigenvalue weighted by molar-refractivity contribution is 5.80. The van der Waals surface area contributed by atoms with Gasteiger partial charge in [-0.3, -0.25) is 4.79 Å². The summed E-state index contributed by atoms with van der Waals surface area (Å²) in [7, 11) is 0. The standard InChI is InChI=1S/C21H26N2O2/c1-16-6-5-7-20(14-16)25-17(2)21(24)22-15-18-8-10-19(11-9-18)23-12-3-4-13-23/h5-11,14,17H,3-4,12-13,15H2,1-2H3,(H,22,24)/t17-/m0/s1. The average Bonchev–Trinajstić information content (AvgIpc) is 3.14. The number of ether oxygens (including phenoxy) is 1. The molecule has 0 radical (unpaired) electrons. The molecule has 1 N–H and O–H groups in total. The van der Waals surface area contributed by atoms with Gasteiger partial charge >= 0.3 is 0 Å². The second-order valence-corrected chi connectivity index (χ2v) is 6.65. The molecule has 1 fully saturated rings. The van der Waals surface area contributed by atoms with Gasteiger partial charge in [0.2, 0.25) is 0 Å². The van der Waals surface area contributed by atoms with E-state index in [2.05, 4.69) is 34.5 Å². The summed E-state index contributed by atoms with van der Waals surface area (Å²) >= 11 is 0. The lowest BCUT2D eigenvalue weighted by molar-refractivity contribution is -0.127. The predicted molar refractivity (Wildman–Crippen MR) is 101 cm³/mol. The van der Waals surface area contributed by atoms with E-state index >= 15 is 0 Å². The summed E-state index contributed by atoms with van der Waals surface area (Å²) in [6.07, 6.45) is 2.03. The summed E-state index contributed by atoms with van der Waals surface area (Å²) in [5, 5.41) is 2.95. The van der Waals surface area contributed by atoms with Crippen molar-refractivity contribution in [2.24, 2.45) is 0 Å². The van der Waals surface area contributed by atoms with Gasteiger partial charge in [0.25, 0.3) is 5.91 Å². The lowest BCUT2D eigenvalue weighted by Crippen LogP contribution is -2.35. The Morgan fingerprint density at radius 3 is 2.56 bits per heavy atom. The predicted octanol–water partition coefficient (Wildman–Crippen LogP) is 3.68. The highest BCUT2D eigenvalue weighted by atomic mass is 16.5. The Balaban J connectivity index is 1.49. The van der Waals surface area contributed by atoms with Crippen molar-refractivity contribution in [1.82, 2.24) is 5.32 Å². The van der Waals surface area contributed by atoms with Crippen LogP contribution < -0.4 is 15.0 Å². The van der Waals surface area contributed by atoms with E-state index in [9.17, 15) is 4.79 Å². The maximum Gasteiger partial charge on any atom is 0.261 e. The van der Waals surface area contributed by atoms with Crippen molar-refractivity contribution >= 4 is 11.6 Å². The van der Waals surface area contributed by atoms with Crippen molar-refractivity contribution in [1.29, 1.82) is 0 Å². The zero-order valence-electron chi connectivity index (χ0n) is 15.0. The Kier molecular flexibility index (Phi) is 5.59. The highest BCUT2D eigenvalue weighted by Crippen LogP contribution is 2.20. The fraction of sp³-hybridized carbons (Fsp3) is 0.381. The van der Waals surface area contributed by atoms with Crippen LogP contribution in [0.1, 0.15) is 30.9 Å². The van der Waals surface area contributed by atoms with Crippen LogP contribution in [0.15, 0.2) is 48.5 Å². The van der Waals surface area contributed by atoms with Crippen molar-refractivity contribution in [3.63, 3.8) is 0 Å². The molecule has 0 bridgehead atoms. The smallest absolute Gasteiger partial charge is 0.261 e. The molecule has 4 heteroatoms. The van der Waals surface area contributed by atoms with E-state index in [-0.39, 0.29) is 5.91 Å². The third-order valence-electron chi connectivity index (χ3n) is 4.55. The number of anilines is 1. The molecule has 0 saturated carbocycles. The third kappa shape index (κ3) is 4.75. The lowest BCUT2D eigenvalue weighted by Gasteiger charge is -2.18. The van der Waals surface area contributed by atoms with Gasteiger partial charge in [0.15, 0.2) is 6.10 Å². The number of carbonyl (C=O) groups is 1. The summed E-state index contributed by atoms with van der Waals surface area (Å²) in [5.41, 5.74) is 3.48. The van der Waals surface area contributed by atoms with Crippen molar-refractivity contribution in [3.8, 4) is 5.75 Å². The van der Waals surface area contributed by atoms with Crippen LogP contribution in [0.4, 0.5) is 5.69 Å². The normalized spacial score (nSPS) is 15.0. The van der Waals surface area contributed by atoms with Gasteiger partial charge < -0.3 is 15.0 Å². The summed E-state index contributed by atoms with van der Waals surface area (Å²) < 4.78 is 5.71. The SMILES string of the molecule is Cc1cccc(O[C@@H](C)C(=O)NCc2ccc(N3CCCC3)cc2)c1. The molecular weight excluding hydrogens is 312 g/mol. The first-order chi connectivity index (χ1) is 12.1. The average molecular weight is 338 g/mol. The first kappa shape index (κ1) is 17.3. The molecule has 2 aromatic carbocycles. The highest BCUT2D eigenvalue weighted by Gasteiger charge is 2.15. The Morgan fingerprint density at radius 1 is 1.16 bits per heavy atom. The lowest BCUT2D eigenvalue weighted by atomic mass is 10.2. The minimum Gasteiger partial charge on any atom is -0.481 e. The Bertz CT molecular complexity index is 706. The van der Waals surface area contributed by atoms with Gasteiger partial charge in [0.05, 0.1) is 0 Å². The molecule has 0 aromatic heterocycles. The van der Waals surface area contributed by atoms with Crippen molar-refractivity contribution in [2.75, 3.05) is 18.0 Å². The zero-order chi connectivity index (χ0) is 17.6. The molecule has 1 saturated heterocycles. The van der Waals surface area contributed by atoms with Gasteiger partial charge in [-0.05, 0) is 62.1 Å². The Hall–Kier alpha value is -2.49. The molecule has 1 heterocycles. The van der Waals surface area contributed by atoms with Gasteiger partial charge in [-0.25, -0.2) is 0 Å². The van der Waals surface area contributed by atoms with Gasteiger partial charge in [-0.1, -0.05) is 24.3 Å². The summed E-state index contributed by atoms with van der Waals surface area (Å²) in [5.74, 6) is 0.614. The van der Waals surface area contributed by atoms with Crippen LogP contribution in [0.3, 0.4) is 0 Å². The summed E-state index contributed by atoms with van der Waals surface area (Å²) in [4.78, 5) is 14.6. The van der Waals surface area contributed by atoms with Crippen LogP contribution in [-0.4, -0.2) is 25.1 Å². The monoisotopic (exact) mass is 338 g/mol. The molecule has 1 atom stereocenters. The number of hydrogen-bond donors (Lipinski definition) is 1. The Labute approximate surface area is 149 Å². The molecule has 0 spiro atoms. The summed E-state index contributed by atoms with van der Waals surface area (Å²) in [6.45, 7) is 6.58. The van der Waals surface area contributed by atoms with E-state index in [1.807, 2.05) is 31.2 Å². The number of nitrogens with zero attached hydrogens (tertiary/aromatic N) is 1. The first-order valence-electron chi connectivity index (χ1n) is 8.97. The quantitative estimate of drug-likeness (QED) is 0.873. The fourth-order valence-electron chi connectivity index (χ4n) is 3.08. The van der Waals surface area contributed by atoms with Crippen LogP contribution in [0, 0.1) is 6.92 Å². The van der Waals surface area contributed by atoms with Gasteiger partial charge in [-0.2, -0.15) is 0 Å². The molecule has 3 rings (SSSR count). The van der Waals surface area contributed by atoms with Gasteiger partial charge in [0.1, 0.15) is 5.75 Å². The molecule has 132 valence electrons. The van der Waals surface area contributed by atoms with Gasteiger partial charge in [0, 0.05) is 25.3 Å². The maximum atomic E-state index is 12.2. The molecule has 2 aromatic rings. The number of hydrogen-bond acceptors (Lipinski definition) is 3. The molecule has 25 heavy (non-hydrogen) atoms. The molecule has 0 aliphatic carbocycles. The van der Waals surface area contributed by atoms with Crippen molar-refractivity contribution in [2.45, 2.75) is 39.3 Å². The first-order valence-corrected chi connectivity index (χ1v) is 8.97. The summed E-state index contributed by atoms with van der Waals surface area (Å²) in [6, 6.07) is 16.2. The number of rotatable bonds is 6. The number of aryl methyl sites for hydroxylation is 1. The second kappa shape index (κ2) is 8.06. The second-order valence-electron chi connectivity index (χ2n) is 6.65. The Morgan fingerprint density at radius 2 is 1.88 bits per heavy atom.